The molecule has 1 aromatic heterocycles. The van der Waals surface area contributed by atoms with Gasteiger partial charge in [-0.1, -0.05) is 11.6 Å². The summed E-state index contributed by atoms with van der Waals surface area (Å²) in [6.07, 6.45) is 1.76. The second kappa shape index (κ2) is 5.99. The van der Waals surface area contributed by atoms with E-state index in [4.69, 9.17) is 11.6 Å². The van der Waals surface area contributed by atoms with Gasteiger partial charge in [-0.3, -0.25) is 4.79 Å². The Hall–Kier alpha value is -1.66. The molecule has 1 aliphatic heterocycles. The number of carbonyl (C=O) groups is 1. The van der Waals surface area contributed by atoms with Crippen LogP contribution in [0.2, 0.25) is 5.02 Å². The van der Waals surface area contributed by atoms with Crippen molar-refractivity contribution in [1.82, 2.24) is 9.88 Å². The maximum atomic E-state index is 13.8. The summed E-state index contributed by atoms with van der Waals surface area (Å²) in [6.45, 7) is 2.52. The van der Waals surface area contributed by atoms with Gasteiger partial charge in [0.1, 0.15) is 5.82 Å². The van der Waals surface area contributed by atoms with E-state index in [0.29, 0.717) is 26.2 Å². The molecule has 0 unspecified atom stereocenters. The minimum absolute atomic E-state index is 0.0714. The van der Waals surface area contributed by atoms with Gasteiger partial charge in [-0.25, -0.2) is 9.37 Å². The first-order valence-electron chi connectivity index (χ1n) is 6.54. The van der Waals surface area contributed by atoms with Crippen LogP contribution >= 0.6 is 22.9 Å². The summed E-state index contributed by atoms with van der Waals surface area (Å²) >= 11 is 7.28. The summed E-state index contributed by atoms with van der Waals surface area (Å²) in [5, 5.41) is 3.17. The van der Waals surface area contributed by atoms with Crippen molar-refractivity contribution in [1.29, 1.82) is 0 Å². The van der Waals surface area contributed by atoms with Crippen molar-refractivity contribution >= 4 is 34.0 Å². The van der Waals surface area contributed by atoms with Crippen molar-refractivity contribution in [2.24, 2.45) is 0 Å². The zero-order valence-corrected chi connectivity index (χ0v) is 12.7. The maximum Gasteiger partial charge on any atom is 0.256 e. The lowest BCUT2D eigenvalue weighted by Crippen LogP contribution is -2.49. The molecule has 1 amide bonds. The molecule has 1 aromatic carbocycles. The van der Waals surface area contributed by atoms with E-state index in [2.05, 4.69) is 9.88 Å². The maximum absolute atomic E-state index is 13.8. The lowest BCUT2D eigenvalue weighted by molar-refractivity contribution is 0.0742. The molecular formula is C14H13ClFN3OS. The van der Waals surface area contributed by atoms with E-state index < -0.39 is 5.82 Å². The number of aromatic nitrogens is 1. The minimum atomic E-state index is -0.574. The molecule has 2 heterocycles. The number of hydrogen-bond acceptors (Lipinski definition) is 4. The number of nitrogens with zero attached hydrogens (tertiary/aromatic N) is 3. The quantitative estimate of drug-likeness (QED) is 0.852. The van der Waals surface area contributed by atoms with Crippen molar-refractivity contribution in [3.63, 3.8) is 0 Å². The first kappa shape index (κ1) is 14.3. The number of thiazole rings is 1. The van der Waals surface area contributed by atoms with Crippen LogP contribution in [0.25, 0.3) is 0 Å². The molecule has 0 N–H and O–H groups in total. The van der Waals surface area contributed by atoms with E-state index in [1.54, 1.807) is 22.4 Å². The normalized spacial score (nSPS) is 15.3. The third kappa shape index (κ3) is 3.01. The second-order valence-electron chi connectivity index (χ2n) is 4.72. The fraction of sp³-hybridized carbons (Fsp3) is 0.286. The van der Waals surface area contributed by atoms with Crippen LogP contribution in [0.15, 0.2) is 29.8 Å². The molecule has 7 heteroatoms. The van der Waals surface area contributed by atoms with Gasteiger partial charge in [0.2, 0.25) is 0 Å². The number of hydrogen-bond donors (Lipinski definition) is 0. The van der Waals surface area contributed by atoms with E-state index >= 15 is 0 Å². The summed E-state index contributed by atoms with van der Waals surface area (Å²) in [4.78, 5) is 20.4. The Kier molecular flexibility index (Phi) is 4.07. The van der Waals surface area contributed by atoms with Crippen LogP contribution < -0.4 is 4.90 Å². The molecule has 21 heavy (non-hydrogen) atoms. The predicted molar refractivity (Wildman–Crippen MR) is 81.6 cm³/mol. The number of carbonyl (C=O) groups excluding carboxylic acids is 1. The Labute approximate surface area is 130 Å². The molecule has 0 saturated carbocycles. The van der Waals surface area contributed by atoms with Gasteiger partial charge in [0, 0.05) is 42.8 Å². The van der Waals surface area contributed by atoms with Gasteiger partial charge in [-0.15, -0.1) is 11.3 Å². The average Bonchev–Trinajstić information content (AvgIpc) is 3.01. The monoisotopic (exact) mass is 325 g/mol. The highest BCUT2D eigenvalue weighted by Gasteiger charge is 2.24. The smallest absolute Gasteiger partial charge is 0.256 e. The highest BCUT2D eigenvalue weighted by Crippen LogP contribution is 2.21. The minimum Gasteiger partial charge on any atom is -0.345 e. The lowest BCUT2D eigenvalue weighted by Gasteiger charge is -2.34. The molecule has 0 radical (unpaired) electrons. The van der Waals surface area contributed by atoms with Crippen LogP contribution in [0.5, 0.6) is 0 Å². The number of amides is 1. The third-order valence-electron chi connectivity index (χ3n) is 3.42. The van der Waals surface area contributed by atoms with Crippen LogP contribution in [-0.2, 0) is 0 Å². The summed E-state index contributed by atoms with van der Waals surface area (Å²) in [5.74, 6) is -0.863. The Morgan fingerprint density at radius 2 is 2.05 bits per heavy atom. The van der Waals surface area contributed by atoms with Crippen molar-refractivity contribution < 1.29 is 9.18 Å². The Bertz CT molecular complexity index is 642. The predicted octanol–water partition coefficient (Wildman–Crippen LogP) is 2.90. The van der Waals surface area contributed by atoms with Crippen molar-refractivity contribution in [2.75, 3.05) is 31.1 Å². The Balaban J connectivity index is 1.67. The fourth-order valence-electron chi connectivity index (χ4n) is 2.31. The van der Waals surface area contributed by atoms with Crippen molar-refractivity contribution in [3.05, 3.63) is 46.2 Å². The summed E-state index contributed by atoms with van der Waals surface area (Å²) < 4.78 is 13.8. The van der Waals surface area contributed by atoms with E-state index in [9.17, 15) is 9.18 Å². The Morgan fingerprint density at radius 3 is 2.67 bits per heavy atom. The molecule has 1 aliphatic rings. The number of piperazine rings is 1. The number of rotatable bonds is 2. The van der Waals surface area contributed by atoms with E-state index in [-0.39, 0.29) is 16.5 Å². The van der Waals surface area contributed by atoms with Gasteiger partial charge >= 0.3 is 0 Å². The van der Waals surface area contributed by atoms with Gasteiger partial charge in [-0.05, 0) is 18.2 Å². The molecule has 0 atom stereocenters. The topological polar surface area (TPSA) is 36.4 Å². The van der Waals surface area contributed by atoms with Crippen LogP contribution in [0, 0.1) is 5.82 Å². The molecule has 2 aromatic rings. The number of anilines is 1. The van der Waals surface area contributed by atoms with E-state index in [1.165, 1.54) is 18.2 Å². The number of benzene rings is 1. The zero-order valence-electron chi connectivity index (χ0n) is 11.1. The SMILES string of the molecule is O=C(c1ccc(Cl)cc1F)N1CCN(c2nccs2)CC1. The van der Waals surface area contributed by atoms with Crippen LogP contribution in [-0.4, -0.2) is 42.0 Å². The summed E-state index contributed by atoms with van der Waals surface area (Å²) in [7, 11) is 0. The van der Waals surface area contributed by atoms with Crippen molar-refractivity contribution in [2.45, 2.75) is 0 Å². The molecule has 0 aliphatic carbocycles. The van der Waals surface area contributed by atoms with Crippen LogP contribution in [0.3, 0.4) is 0 Å². The first-order valence-corrected chi connectivity index (χ1v) is 7.79. The Morgan fingerprint density at radius 1 is 1.29 bits per heavy atom. The molecule has 110 valence electrons. The van der Waals surface area contributed by atoms with Gasteiger partial charge in [-0.2, -0.15) is 0 Å². The van der Waals surface area contributed by atoms with Gasteiger partial charge in [0.15, 0.2) is 5.13 Å². The average molecular weight is 326 g/mol. The standard InChI is InChI=1S/C14H13ClFN3OS/c15-10-1-2-11(12(16)9-10)13(20)18-4-6-19(7-5-18)14-17-3-8-21-14/h1-3,8-9H,4-7H2. The molecular weight excluding hydrogens is 313 g/mol. The number of halogens is 2. The van der Waals surface area contributed by atoms with Gasteiger partial charge in [0.05, 0.1) is 5.56 Å². The highest BCUT2D eigenvalue weighted by molar-refractivity contribution is 7.13. The molecule has 1 saturated heterocycles. The molecule has 1 fully saturated rings. The third-order valence-corrected chi connectivity index (χ3v) is 4.49. The lowest BCUT2D eigenvalue weighted by atomic mass is 10.1. The van der Waals surface area contributed by atoms with Gasteiger partial charge in [0.25, 0.3) is 5.91 Å². The van der Waals surface area contributed by atoms with Gasteiger partial charge < -0.3 is 9.80 Å². The van der Waals surface area contributed by atoms with E-state index in [1.807, 2.05) is 5.38 Å². The van der Waals surface area contributed by atoms with Crippen LogP contribution in [0.1, 0.15) is 10.4 Å². The fourth-order valence-corrected chi connectivity index (χ4v) is 3.16. The van der Waals surface area contributed by atoms with Crippen molar-refractivity contribution in [3.8, 4) is 0 Å². The zero-order chi connectivity index (χ0) is 14.8. The first-order chi connectivity index (χ1) is 10.1. The summed E-state index contributed by atoms with van der Waals surface area (Å²) in [5.41, 5.74) is 0.0714. The van der Waals surface area contributed by atoms with E-state index in [0.717, 1.165) is 5.13 Å². The second-order valence-corrected chi connectivity index (χ2v) is 6.03. The molecule has 4 nitrogen and oxygen atoms in total. The summed E-state index contributed by atoms with van der Waals surface area (Å²) in [6, 6.07) is 4.14. The van der Waals surface area contributed by atoms with Crippen LogP contribution in [0.4, 0.5) is 9.52 Å². The molecule has 0 bridgehead atoms. The highest BCUT2D eigenvalue weighted by atomic mass is 35.5. The largest absolute Gasteiger partial charge is 0.345 e. The molecule has 3 rings (SSSR count). The molecule has 0 spiro atoms.